The van der Waals surface area contributed by atoms with Crippen LogP contribution in [0.1, 0.15) is 46.6 Å². The highest BCUT2D eigenvalue weighted by atomic mass is 32.2. The van der Waals surface area contributed by atoms with Crippen molar-refractivity contribution in [3.8, 4) is 0 Å². The monoisotopic (exact) mass is 407 g/mol. The van der Waals surface area contributed by atoms with Gasteiger partial charge in [-0.15, -0.1) is 0 Å². The maximum atomic E-state index is 12.9. The Bertz CT molecular complexity index is 866. The van der Waals surface area contributed by atoms with Gasteiger partial charge in [0.25, 0.3) is 0 Å². The first-order chi connectivity index (χ1) is 12.8. The number of rotatable bonds is 6. The predicted molar refractivity (Wildman–Crippen MR) is 110 cm³/mol. The van der Waals surface area contributed by atoms with Crippen LogP contribution in [0.3, 0.4) is 0 Å². The Morgan fingerprint density at radius 3 is 2.29 bits per heavy atom. The van der Waals surface area contributed by atoms with Crippen LogP contribution in [0.2, 0.25) is 0 Å². The van der Waals surface area contributed by atoms with E-state index in [1.807, 2.05) is 30.3 Å². The zero-order valence-corrected chi connectivity index (χ0v) is 17.8. The van der Waals surface area contributed by atoms with Gasteiger partial charge in [-0.05, 0) is 43.9 Å². The Morgan fingerprint density at radius 1 is 1.21 bits per heavy atom. The maximum Gasteiger partial charge on any atom is 0.324 e. The van der Waals surface area contributed by atoms with Crippen molar-refractivity contribution in [3.05, 3.63) is 54.1 Å². The fraction of sp³-hybridized carbons (Fsp3) is 0.476. The van der Waals surface area contributed by atoms with Crippen LogP contribution in [-0.2, 0) is 19.6 Å². The van der Waals surface area contributed by atoms with Crippen molar-refractivity contribution in [1.82, 2.24) is 4.72 Å². The van der Waals surface area contributed by atoms with Crippen molar-refractivity contribution in [2.75, 3.05) is 0 Å². The molecule has 1 aliphatic rings. The number of ether oxygens (including phenoxy) is 1. The minimum Gasteiger partial charge on any atom is -0.459 e. The second-order valence-corrected chi connectivity index (χ2v) is 10.2. The third-order valence-electron chi connectivity index (χ3n) is 4.32. The molecule has 0 radical (unpaired) electrons. The van der Waals surface area contributed by atoms with Crippen LogP contribution >= 0.6 is 0 Å². The molecule has 154 valence electrons. The van der Waals surface area contributed by atoms with E-state index in [0.717, 1.165) is 11.1 Å². The third-order valence-corrected chi connectivity index (χ3v) is 6.12. The molecule has 0 spiro atoms. The largest absolute Gasteiger partial charge is 0.459 e. The van der Waals surface area contributed by atoms with E-state index in [4.69, 9.17) is 4.74 Å². The molecule has 7 heteroatoms. The quantitative estimate of drug-likeness (QED) is 0.707. The summed E-state index contributed by atoms with van der Waals surface area (Å²) in [4.78, 5) is 10.3. The Labute approximate surface area is 167 Å². The molecule has 0 heterocycles. The third kappa shape index (κ3) is 5.31. The first-order valence-electron chi connectivity index (χ1n) is 9.26. The van der Waals surface area contributed by atoms with Crippen LogP contribution in [0.15, 0.2) is 48.6 Å². The first kappa shape index (κ1) is 22.3. The summed E-state index contributed by atoms with van der Waals surface area (Å²) in [5, 5.41) is 10.8. The molecule has 2 atom stereocenters. The average Bonchev–Trinajstić information content (AvgIpc) is 2.59. The molecule has 0 saturated carbocycles. The minimum absolute atomic E-state index is 0.123. The van der Waals surface area contributed by atoms with Crippen LogP contribution in [0.5, 0.6) is 0 Å². The molecule has 0 fully saturated rings. The zero-order chi connectivity index (χ0) is 21.2. The summed E-state index contributed by atoms with van der Waals surface area (Å²) < 4.78 is 33.4. The molecule has 0 saturated heterocycles. The van der Waals surface area contributed by atoms with Crippen LogP contribution in [0, 0.1) is 5.92 Å². The van der Waals surface area contributed by atoms with Crippen molar-refractivity contribution in [2.45, 2.75) is 57.6 Å². The number of hydrogen-bond donors (Lipinski definition) is 2. The van der Waals surface area contributed by atoms with Crippen molar-refractivity contribution in [3.63, 3.8) is 0 Å². The van der Waals surface area contributed by atoms with Gasteiger partial charge in [-0.25, -0.2) is 8.42 Å². The number of carbonyl (C=O) groups is 1. The number of nitrogens with one attached hydrogen (secondary N) is 1. The topological polar surface area (TPSA) is 92.7 Å². The van der Waals surface area contributed by atoms with E-state index in [2.05, 4.69) is 4.72 Å². The summed E-state index contributed by atoms with van der Waals surface area (Å²) in [7, 11) is -4.26. The second-order valence-electron chi connectivity index (χ2n) is 8.28. The van der Waals surface area contributed by atoms with Gasteiger partial charge >= 0.3 is 5.97 Å². The minimum atomic E-state index is -4.26. The Hall–Kier alpha value is -1.96. The number of hydrogen-bond acceptors (Lipinski definition) is 5. The van der Waals surface area contributed by atoms with Crippen LogP contribution in [0.25, 0.3) is 5.57 Å². The van der Waals surface area contributed by atoms with E-state index in [9.17, 15) is 18.3 Å². The lowest BCUT2D eigenvalue weighted by Crippen LogP contribution is -2.54. The molecule has 2 unspecified atom stereocenters. The summed E-state index contributed by atoms with van der Waals surface area (Å²) in [5.41, 5.74) is 1.01. The Balaban J connectivity index is 2.20. The molecule has 0 aliphatic heterocycles. The zero-order valence-electron chi connectivity index (χ0n) is 17.0. The summed E-state index contributed by atoms with van der Waals surface area (Å²) in [6.45, 7) is 8.56. The summed E-state index contributed by atoms with van der Waals surface area (Å²) >= 11 is 0. The van der Waals surface area contributed by atoms with Crippen LogP contribution in [0.4, 0.5) is 0 Å². The van der Waals surface area contributed by atoms with Crippen molar-refractivity contribution in [1.29, 1.82) is 0 Å². The van der Waals surface area contributed by atoms with Gasteiger partial charge in [0.15, 0.2) is 0 Å². The molecule has 2 N–H and O–H groups in total. The van der Waals surface area contributed by atoms with Gasteiger partial charge in [-0.2, -0.15) is 4.72 Å². The molecule has 2 rings (SSSR count). The summed E-state index contributed by atoms with van der Waals surface area (Å²) in [6.07, 6.45) is 4.38. The number of aliphatic hydroxyl groups is 1. The van der Waals surface area contributed by atoms with E-state index in [-0.39, 0.29) is 12.3 Å². The van der Waals surface area contributed by atoms with E-state index < -0.39 is 32.6 Å². The number of esters is 1. The van der Waals surface area contributed by atoms with Gasteiger partial charge in [0.2, 0.25) is 15.0 Å². The van der Waals surface area contributed by atoms with Crippen molar-refractivity contribution < 1.29 is 23.1 Å². The fourth-order valence-corrected chi connectivity index (χ4v) is 4.20. The van der Waals surface area contributed by atoms with Gasteiger partial charge in [-0.3, -0.25) is 4.79 Å². The maximum absolute atomic E-state index is 12.9. The van der Waals surface area contributed by atoms with Gasteiger partial charge in [0.05, 0.1) is 0 Å². The smallest absolute Gasteiger partial charge is 0.324 e. The first-order valence-corrected chi connectivity index (χ1v) is 10.7. The number of sulfonamides is 1. The molecule has 1 aromatic carbocycles. The Morgan fingerprint density at radius 2 is 1.82 bits per heavy atom. The predicted octanol–water partition coefficient (Wildman–Crippen LogP) is 3.00. The van der Waals surface area contributed by atoms with E-state index in [1.165, 1.54) is 6.08 Å². The van der Waals surface area contributed by atoms with E-state index in [0.29, 0.717) is 0 Å². The molecule has 1 aromatic rings. The van der Waals surface area contributed by atoms with Gasteiger partial charge in [0, 0.05) is 6.42 Å². The highest BCUT2D eigenvalue weighted by molar-refractivity contribution is 7.90. The number of carbonyl (C=O) groups excluding carboxylic acids is 1. The normalized spacial score (nSPS) is 21.3. The number of benzene rings is 1. The van der Waals surface area contributed by atoms with Gasteiger partial charge in [0.1, 0.15) is 11.6 Å². The van der Waals surface area contributed by atoms with E-state index in [1.54, 1.807) is 46.8 Å². The molecule has 0 amide bonds. The van der Waals surface area contributed by atoms with Gasteiger partial charge < -0.3 is 9.84 Å². The molecule has 6 nitrogen and oxygen atoms in total. The highest BCUT2D eigenvalue weighted by Crippen LogP contribution is 2.30. The lowest BCUT2D eigenvalue weighted by atomic mass is 9.98. The molecular formula is C21H29NO5S. The lowest BCUT2D eigenvalue weighted by Gasteiger charge is -2.31. The highest BCUT2D eigenvalue weighted by Gasteiger charge is 2.43. The Kier molecular flexibility index (Phi) is 6.53. The number of allylic oxidation sites excluding steroid dienone is 2. The lowest BCUT2D eigenvalue weighted by molar-refractivity contribution is -0.158. The molecular weight excluding hydrogens is 378 g/mol. The van der Waals surface area contributed by atoms with E-state index >= 15 is 0 Å². The summed E-state index contributed by atoms with van der Waals surface area (Å²) in [5.74, 6) is -1.02. The summed E-state index contributed by atoms with van der Waals surface area (Å²) in [6, 6.07) is 8.38. The molecule has 0 aromatic heterocycles. The van der Waals surface area contributed by atoms with Crippen molar-refractivity contribution in [2.24, 2.45) is 5.92 Å². The molecule has 0 bridgehead atoms. The van der Waals surface area contributed by atoms with Crippen molar-refractivity contribution >= 4 is 21.6 Å². The SMILES string of the molecule is CC(C)C(NS(=O)(=O)C1(O)C=CC(c2ccccc2)=CC1)C(=O)OC(C)(C)C. The fourth-order valence-electron chi connectivity index (χ4n) is 2.75. The molecule has 1 aliphatic carbocycles. The average molecular weight is 408 g/mol. The van der Waals surface area contributed by atoms with Crippen LogP contribution in [-0.4, -0.2) is 36.1 Å². The molecule has 28 heavy (non-hydrogen) atoms. The second kappa shape index (κ2) is 8.19. The standard InChI is InChI=1S/C21H29NO5S/c1-15(2)18(19(23)27-20(3,4)5)22-28(25,26)21(24)13-11-17(12-14-21)16-9-7-6-8-10-16/h6-13,15,18,22,24H,14H2,1-5H3. The van der Waals surface area contributed by atoms with Crippen LogP contribution < -0.4 is 4.72 Å². The van der Waals surface area contributed by atoms with Gasteiger partial charge in [-0.1, -0.05) is 56.3 Å².